The highest BCUT2D eigenvalue weighted by Gasteiger charge is 2.20. The van der Waals surface area contributed by atoms with Gasteiger partial charge in [-0.2, -0.15) is 0 Å². The summed E-state index contributed by atoms with van der Waals surface area (Å²) in [6.07, 6.45) is 3.79. The fraction of sp³-hybridized carbons (Fsp3) is 0.375. The molecule has 4 rings (SSSR count). The van der Waals surface area contributed by atoms with Crippen molar-refractivity contribution in [2.45, 2.75) is 38.8 Å². The van der Waals surface area contributed by atoms with Gasteiger partial charge in [-0.15, -0.1) is 0 Å². The molecule has 29 heavy (non-hydrogen) atoms. The molecule has 0 aliphatic carbocycles. The van der Waals surface area contributed by atoms with Crippen molar-refractivity contribution in [2.24, 2.45) is 5.92 Å². The molecule has 0 atom stereocenters. The second-order valence-electron chi connectivity index (χ2n) is 8.04. The maximum Gasteiger partial charge on any atom is 0.220 e. The van der Waals surface area contributed by atoms with Crippen LogP contribution in [0.3, 0.4) is 0 Å². The molecule has 0 unspecified atom stereocenters. The first-order valence-electron chi connectivity index (χ1n) is 10.5. The van der Waals surface area contributed by atoms with Gasteiger partial charge in [0, 0.05) is 30.7 Å². The monoisotopic (exact) mass is 393 g/mol. The molecule has 0 bridgehead atoms. The number of hydrogen-bond donors (Lipinski definition) is 2. The number of carbonyl (C=O) groups is 1. The summed E-state index contributed by atoms with van der Waals surface area (Å²) in [7, 11) is 0. The van der Waals surface area contributed by atoms with Gasteiger partial charge >= 0.3 is 0 Å². The summed E-state index contributed by atoms with van der Waals surface area (Å²) in [4.78, 5) is 18.1. The molecule has 5 heteroatoms. The van der Waals surface area contributed by atoms with Crippen molar-refractivity contribution in [3.63, 3.8) is 0 Å². The zero-order valence-electron chi connectivity index (χ0n) is 16.7. The molecule has 2 N–H and O–H groups in total. The molecule has 4 nitrogen and oxygen atoms in total. The van der Waals surface area contributed by atoms with Crippen LogP contribution in [0, 0.1) is 11.7 Å². The Hall–Kier alpha value is -2.66. The minimum atomic E-state index is -0.254. The number of fused-ring (bicyclic) bond motifs is 1. The normalized spacial score (nSPS) is 15.6. The van der Waals surface area contributed by atoms with E-state index >= 15 is 0 Å². The third-order valence-corrected chi connectivity index (χ3v) is 5.87. The lowest BCUT2D eigenvalue weighted by molar-refractivity contribution is -0.121. The average Bonchev–Trinajstić information content (AvgIpc) is 3.15. The molecule has 1 fully saturated rings. The van der Waals surface area contributed by atoms with Crippen LogP contribution in [0.2, 0.25) is 0 Å². The first-order chi connectivity index (χ1) is 14.2. The Labute approximate surface area is 171 Å². The van der Waals surface area contributed by atoms with Crippen molar-refractivity contribution in [3.8, 4) is 0 Å². The summed E-state index contributed by atoms with van der Waals surface area (Å²) in [5.41, 5.74) is 3.39. The van der Waals surface area contributed by atoms with Gasteiger partial charge in [-0.05, 0) is 73.5 Å². The highest BCUT2D eigenvalue weighted by molar-refractivity contribution is 5.80. The Kier molecular flexibility index (Phi) is 6.25. The fourth-order valence-electron chi connectivity index (χ4n) is 4.12. The number of nitrogens with zero attached hydrogens (tertiary/aromatic N) is 1. The summed E-state index contributed by atoms with van der Waals surface area (Å²) < 4.78 is 12.9. The maximum atomic E-state index is 12.9. The predicted molar refractivity (Wildman–Crippen MR) is 114 cm³/mol. The van der Waals surface area contributed by atoms with Crippen LogP contribution in [0.5, 0.6) is 0 Å². The van der Waals surface area contributed by atoms with Crippen molar-refractivity contribution < 1.29 is 9.18 Å². The van der Waals surface area contributed by atoms with Crippen LogP contribution < -0.4 is 5.32 Å². The Morgan fingerprint density at radius 2 is 1.86 bits per heavy atom. The van der Waals surface area contributed by atoms with Crippen LogP contribution in [0.4, 0.5) is 4.39 Å². The van der Waals surface area contributed by atoms with Crippen LogP contribution >= 0.6 is 0 Å². The number of amides is 1. The number of aromatic nitrogens is 1. The minimum Gasteiger partial charge on any atom is -0.357 e. The van der Waals surface area contributed by atoms with Gasteiger partial charge in [0.2, 0.25) is 5.91 Å². The van der Waals surface area contributed by atoms with Crippen LogP contribution in [-0.2, 0) is 17.9 Å². The van der Waals surface area contributed by atoms with E-state index in [1.54, 1.807) is 12.1 Å². The Morgan fingerprint density at radius 3 is 2.62 bits per heavy atom. The molecule has 1 aliphatic heterocycles. The van der Waals surface area contributed by atoms with Gasteiger partial charge in [0.25, 0.3) is 0 Å². The summed E-state index contributed by atoms with van der Waals surface area (Å²) in [5, 5.41) is 4.20. The number of nitrogens with one attached hydrogen (secondary N) is 2. The molecule has 2 aromatic carbocycles. The van der Waals surface area contributed by atoms with Crippen LogP contribution in [0.1, 0.15) is 36.9 Å². The van der Waals surface area contributed by atoms with Crippen molar-refractivity contribution in [3.05, 3.63) is 71.7 Å². The van der Waals surface area contributed by atoms with Gasteiger partial charge in [-0.3, -0.25) is 9.69 Å². The predicted octanol–water partition coefficient (Wildman–Crippen LogP) is 4.62. The number of halogens is 1. The topological polar surface area (TPSA) is 48.1 Å². The largest absolute Gasteiger partial charge is 0.357 e. The van der Waals surface area contributed by atoms with E-state index in [1.807, 2.05) is 0 Å². The second-order valence-corrected chi connectivity index (χ2v) is 8.04. The summed E-state index contributed by atoms with van der Waals surface area (Å²) in [5.74, 6) is 0.441. The number of hydrogen-bond acceptors (Lipinski definition) is 2. The van der Waals surface area contributed by atoms with Gasteiger partial charge in [0.05, 0.1) is 0 Å². The SMILES string of the molecule is O=C(CCC1CCN(Cc2cc3ccccc3[nH]2)CC1)NCc1ccc(F)cc1. The van der Waals surface area contributed by atoms with E-state index in [4.69, 9.17) is 0 Å². The molecule has 3 aromatic rings. The Balaban J connectivity index is 1.16. The van der Waals surface area contributed by atoms with E-state index in [-0.39, 0.29) is 11.7 Å². The Morgan fingerprint density at radius 1 is 1.10 bits per heavy atom. The molecular weight excluding hydrogens is 365 g/mol. The lowest BCUT2D eigenvalue weighted by Crippen LogP contribution is -2.34. The molecular formula is C24H28FN3O. The van der Waals surface area contributed by atoms with E-state index < -0.39 is 0 Å². The van der Waals surface area contributed by atoms with Crippen LogP contribution in [0.25, 0.3) is 10.9 Å². The van der Waals surface area contributed by atoms with Gasteiger partial charge < -0.3 is 10.3 Å². The molecule has 0 spiro atoms. The van der Waals surface area contributed by atoms with Crippen LogP contribution in [-0.4, -0.2) is 28.9 Å². The molecule has 1 amide bonds. The molecule has 1 aliphatic rings. The standard InChI is InChI=1S/C24H28FN3O/c25-21-8-5-19(6-9-21)16-26-24(29)10-7-18-11-13-28(14-12-18)17-22-15-20-3-1-2-4-23(20)27-22/h1-6,8-9,15,18,27H,7,10-14,16-17H2,(H,26,29). The number of carbonyl (C=O) groups excluding carboxylic acids is 1. The highest BCUT2D eigenvalue weighted by Crippen LogP contribution is 2.24. The molecule has 0 radical (unpaired) electrons. The maximum absolute atomic E-state index is 12.9. The quantitative estimate of drug-likeness (QED) is 0.616. The highest BCUT2D eigenvalue weighted by atomic mass is 19.1. The first kappa shape index (κ1) is 19.6. The number of aromatic amines is 1. The van der Waals surface area contributed by atoms with E-state index in [0.29, 0.717) is 18.9 Å². The smallest absolute Gasteiger partial charge is 0.220 e. The lowest BCUT2D eigenvalue weighted by atomic mass is 9.92. The van der Waals surface area contributed by atoms with E-state index in [0.717, 1.165) is 44.5 Å². The van der Waals surface area contributed by atoms with E-state index in [9.17, 15) is 9.18 Å². The van der Waals surface area contributed by atoms with Crippen molar-refractivity contribution in [1.29, 1.82) is 0 Å². The minimum absolute atomic E-state index is 0.0785. The second kappa shape index (κ2) is 9.23. The average molecular weight is 394 g/mol. The van der Waals surface area contributed by atoms with Gasteiger partial charge in [-0.25, -0.2) is 4.39 Å². The zero-order valence-corrected chi connectivity index (χ0v) is 16.7. The number of rotatable bonds is 7. The van der Waals surface area contributed by atoms with Gasteiger partial charge in [0.1, 0.15) is 5.82 Å². The number of benzene rings is 2. The third kappa shape index (κ3) is 5.45. The van der Waals surface area contributed by atoms with E-state index in [1.165, 1.54) is 28.7 Å². The fourth-order valence-corrected chi connectivity index (χ4v) is 4.12. The number of piperidine rings is 1. The van der Waals surface area contributed by atoms with Crippen molar-refractivity contribution in [1.82, 2.24) is 15.2 Å². The van der Waals surface area contributed by atoms with Gasteiger partial charge in [0.15, 0.2) is 0 Å². The van der Waals surface area contributed by atoms with Gasteiger partial charge in [-0.1, -0.05) is 30.3 Å². The first-order valence-corrected chi connectivity index (χ1v) is 10.5. The lowest BCUT2D eigenvalue weighted by Gasteiger charge is -2.31. The zero-order chi connectivity index (χ0) is 20.1. The summed E-state index contributed by atoms with van der Waals surface area (Å²) in [6.45, 7) is 3.58. The molecule has 2 heterocycles. The van der Waals surface area contributed by atoms with Crippen molar-refractivity contribution in [2.75, 3.05) is 13.1 Å². The molecule has 0 saturated carbocycles. The van der Waals surface area contributed by atoms with Crippen LogP contribution in [0.15, 0.2) is 54.6 Å². The number of para-hydroxylation sites is 1. The Bertz CT molecular complexity index is 909. The van der Waals surface area contributed by atoms with E-state index in [2.05, 4.69) is 45.5 Å². The third-order valence-electron chi connectivity index (χ3n) is 5.87. The molecule has 152 valence electrons. The number of likely N-dealkylation sites (tertiary alicyclic amines) is 1. The summed E-state index contributed by atoms with van der Waals surface area (Å²) in [6, 6.07) is 16.9. The molecule has 1 aromatic heterocycles. The summed E-state index contributed by atoms with van der Waals surface area (Å²) >= 11 is 0. The van der Waals surface area contributed by atoms with Crippen molar-refractivity contribution >= 4 is 16.8 Å². The molecule has 1 saturated heterocycles. The number of H-pyrrole nitrogens is 1.